The predicted molar refractivity (Wildman–Crippen MR) is 136 cm³/mol. The first-order chi connectivity index (χ1) is 16.7. The lowest BCUT2D eigenvalue weighted by Gasteiger charge is -2.26. The summed E-state index contributed by atoms with van der Waals surface area (Å²) in [5, 5.41) is 2.72. The Balaban J connectivity index is 2.09. The van der Waals surface area contributed by atoms with Crippen molar-refractivity contribution >= 4 is 43.2 Å². The maximum atomic E-state index is 13.8. The van der Waals surface area contributed by atoms with E-state index in [9.17, 15) is 13.2 Å². The van der Waals surface area contributed by atoms with Crippen LogP contribution in [0.25, 0.3) is 0 Å². The van der Waals surface area contributed by atoms with Crippen molar-refractivity contribution < 1.29 is 32.2 Å². The molecule has 3 aromatic rings. The van der Waals surface area contributed by atoms with Crippen molar-refractivity contribution in [2.45, 2.75) is 4.90 Å². The highest BCUT2D eigenvalue weighted by Gasteiger charge is 2.31. The molecular weight excluding hydrogens is 540 g/mol. The Kier molecular flexibility index (Phi) is 8.47. The van der Waals surface area contributed by atoms with E-state index in [1.165, 1.54) is 52.7 Å². The van der Waals surface area contributed by atoms with Gasteiger partial charge in [0.05, 0.1) is 39.0 Å². The Morgan fingerprint density at radius 1 is 0.829 bits per heavy atom. The second kappa shape index (κ2) is 11.3. The average Bonchev–Trinajstić information content (AvgIpc) is 2.87. The molecule has 0 saturated heterocycles. The molecule has 3 aromatic carbocycles. The summed E-state index contributed by atoms with van der Waals surface area (Å²) in [6, 6.07) is 15.8. The van der Waals surface area contributed by atoms with Crippen LogP contribution in [0.5, 0.6) is 23.0 Å². The average molecular weight is 565 g/mol. The van der Waals surface area contributed by atoms with Crippen LogP contribution < -0.4 is 28.6 Å². The second-order valence-corrected chi connectivity index (χ2v) is 9.90. The number of rotatable bonds is 10. The Morgan fingerprint density at radius 3 is 2.06 bits per heavy atom. The van der Waals surface area contributed by atoms with E-state index >= 15 is 0 Å². The van der Waals surface area contributed by atoms with Crippen LogP contribution in [0.15, 0.2) is 70.0 Å². The Morgan fingerprint density at radius 2 is 1.46 bits per heavy atom. The smallest absolute Gasteiger partial charge is 0.265 e. The first-order valence-corrected chi connectivity index (χ1v) is 12.5. The van der Waals surface area contributed by atoms with E-state index in [2.05, 4.69) is 21.2 Å². The maximum absolute atomic E-state index is 13.8. The van der Waals surface area contributed by atoms with Gasteiger partial charge in [-0.05, 0) is 48.5 Å². The van der Waals surface area contributed by atoms with Crippen molar-refractivity contribution in [1.29, 1.82) is 0 Å². The number of anilines is 2. The van der Waals surface area contributed by atoms with E-state index in [0.29, 0.717) is 17.2 Å². The van der Waals surface area contributed by atoms with Gasteiger partial charge in [-0.2, -0.15) is 0 Å². The molecule has 0 atom stereocenters. The number of ether oxygens (including phenoxy) is 4. The van der Waals surface area contributed by atoms with Crippen molar-refractivity contribution in [2.75, 3.05) is 44.6 Å². The predicted octanol–water partition coefficient (Wildman–Crippen LogP) is 4.32. The standard InChI is InChI=1S/C24H25BrN2O7S/c1-31-18-9-11-21(32-2)20(13-18)27(15-24(28)26-17-7-5-16(25)6-8-17)35(29,30)19-10-12-22(33-3)23(14-19)34-4/h5-14H,15H2,1-4H3,(H,26,28). The van der Waals surface area contributed by atoms with Crippen LogP contribution >= 0.6 is 15.9 Å². The van der Waals surface area contributed by atoms with Crippen LogP contribution in [-0.4, -0.2) is 49.3 Å². The van der Waals surface area contributed by atoms with Crippen LogP contribution in [0.3, 0.4) is 0 Å². The van der Waals surface area contributed by atoms with E-state index in [4.69, 9.17) is 18.9 Å². The minimum Gasteiger partial charge on any atom is -0.497 e. The molecule has 0 unspecified atom stereocenters. The maximum Gasteiger partial charge on any atom is 0.265 e. The van der Waals surface area contributed by atoms with Gasteiger partial charge in [0, 0.05) is 22.3 Å². The van der Waals surface area contributed by atoms with Crippen LogP contribution in [0.1, 0.15) is 0 Å². The molecule has 0 spiro atoms. The number of carbonyl (C=O) groups is 1. The molecular formula is C24H25BrN2O7S. The Hall–Kier alpha value is -3.44. The fourth-order valence-electron chi connectivity index (χ4n) is 3.26. The first-order valence-electron chi connectivity index (χ1n) is 10.3. The highest BCUT2D eigenvalue weighted by atomic mass is 79.9. The Labute approximate surface area is 212 Å². The number of amides is 1. The van der Waals surface area contributed by atoms with Gasteiger partial charge >= 0.3 is 0 Å². The number of benzene rings is 3. The van der Waals surface area contributed by atoms with Gasteiger partial charge in [0.25, 0.3) is 10.0 Å². The molecule has 0 fully saturated rings. The van der Waals surface area contributed by atoms with Crippen LogP contribution in [-0.2, 0) is 14.8 Å². The van der Waals surface area contributed by atoms with E-state index in [0.717, 1.165) is 8.78 Å². The molecule has 3 rings (SSSR count). The van der Waals surface area contributed by atoms with Gasteiger partial charge in [0.2, 0.25) is 5.91 Å². The van der Waals surface area contributed by atoms with Crippen molar-refractivity contribution in [3.8, 4) is 23.0 Å². The molecule has 1 amide bonds. The number of halogens is 1. The molecule has 0 heterocycles. The third-order valence-electron chi connectivity index (χ3n) is 5.01. The summed E-state index contributed by atoms with van der Waals surface area (Å²) >= 11 is 3.34. The van der Waals surface area contributed by atoms with E-state index in [1.807, 2.05) is 0 Å². The molecule has 0 aliphatic rings. The summed E-state index contributed by atoms with van der Waals surface area (Å²) in [5.74, 6) is 0.671. The van der Waals surface area contributed by atoms with Crippen LogP contribution in [0.4, 0.5) is 11.4 Å². The summed E-state index contributed by atoms with van der Waals surface area (Å²) in [4.78, 5) is 12.9. The van der Waals surface area contributed by atoms with Gasteiger partial charge in [-0.15, -0.1) is 0 Å². The number of hydrogen-bond donors (Lipinski definition) is 1. The second-order valence-electron chi connectivity index (χ2n) is 7.12. The lowest BCUT2D eigenvalue weighted by Crippen LogP contribution is -2.38. The summed E-state index contributed by atoms with van der Waals surface area (Å²) in [7, 11) is 1.45. The fraction of sp³-hybridized carbons (Fsp3) is 0.208. The third-order valence-corrected chi connectivity index (χ3v) is 7.30. The van der Waals surface area contributed by atoms with Crippen LogP contribution in [0.2, 0.25) is 0 Å². The number of sulfonamides is 1. The lowest BCUT2D eigenvalue weighted by molar-refractivity contribution is -0.114. The van der Waals surface area contributed by atoms with Crippen molar-refractivity contribution in [3.05, 3.63) is 65.1 Å². The van der Waals surface area contributed by atoms with Gasteiger partial charge < -0.3 is 24.3 Å². The summed E-state index contributed by atoms with van der Waals surface area (Å²) in [6.07, 6.45) is 0. The molecule has 1 N–H and O–H groups in total. The molecule has 11 heteroatoms. The Bertz CT molecular complexity index is 1300. The SMILES string of the molecule is COc1ccc(OC)c(N(CC(=O)Nc2ccc(Br)cc2)S(=O)(=O)c2ccc(OC)c(OC)c2)c1. The summed E-state index contributed by atoms with van der Waals surface area (Å²) < 4.78 is 50.7. The topological polar surface area (TPSA) is 103 Å². The largest absolute Gasteiger partial charge is 0.497 e. The lowest BCUT2D eigenvalue weighted by atomic mass is 10.2. The molecule has 35 heavy (non-hydrogen) atoms. The van der Waals surface area contributed by atoms with Gasteiger partial charge in [-0.3, -0.25) is 9.10 Å². The molecule has 0 aliphatic heterocycles. The summed E-state index contributed by atoms with van der Waals surface area (Å²) in [6.45, 7) is -0.531. The quantitative estimate of drug-likeness (QED) is 0.391. The number of nitrogens with zero attached hydrogens (tertiary/aromatic N) is 1. The van der Waals surface area contributed by atoms with E-state index in [-0.39, 0.29) is 22.1 Å². The van der Waals surface area contributed by atoms with Gasteiger partial charge in [0.1, 0.15) is 18.0 Å². The zero-order valence-corrected chi connectivity index (χ0v) is 22.0. The number of hydrogen-bond acceptors (Lipinski definition) is 7. The third kappa shape index (κ3) is 5.98. The molecule has 0 saturated carbocycles. The molecule has 0 radical (unpaired) electrons. The molecule has 0 bridgehead atoms. The number of carbonyl (C=O) groups excluding carboxylic acids is 1. The monoisotopic (exact) mass is 564 g/mol. The highest BCUT2D eigenvalue weighted by Crippen LogP contribution is 2.37. The highest BCUT2D eigenvalue weighted by molar-refractivity contribution is 9.10. The normalized spacial score (nSPS) is 10.9. The number of nitrogens with one attached hydrogen (secondary N) is 1. The van der Waals surface area contributed by atoms with Gasteiger partial charge in [0.15, 0.2) is 11.5 Å². The van der Waals surface area contributed by atoms with Crippen molar-refractivity contribution in [2.24, 2.45) is 0 Å². The minimum absolute atomic E-state index is 0.100. The zero-order chi connectivity index (χ0) is 25.6. The van der Waals surface area contributed by atoms with Crippen LogP contribution in [0, 0.1) is 0 Å². The van der Waals surface area contributed by atoms with E-state index in [1.54, 1.807) is 36.4 Å². The molecule has 9 nitrogen and oxygen atoms in total. The number of methoxy groups -OCH3 is 4. The van der Waals surface area contributed by atoms with E-state index < -0.39 is 22.5 Å². The van der Waals surface area contributed by atoms with Crippen molar-refractivity contribution in [3.63, 3.8) is 0 Å². The molecule has 0 aromatic heterocycles. The molecule has 186 valence electrons. The van der Waals surface area contributed by atoms with Gasteiger partial charge in [-0.1, -0.05) is 15.9 Å². The first kappa shape index (κ1) is 26.2. The van der Waals surface area contributed by atoms with Crippen molar-refractivity contribution in [1.82, 2.24) is 0 Å². The fourth-order valence-corrected chi connectivity index (χ4v) is 4.96. The summed E-state index contributed by atoms with van der Waals surface area (Å²) in [5.41, 5.74) is 0.645. The van der Waals surface area contributed by atoms with Gasteiger partial charge in [-0.25, -0.2) is 8.42 Å². The zero-order valence-electron chi connectivity index (χ0n) is 19.6. The minimum atomic E-state index is -4.27. The molecule has 0 aliphatic carbocycles.